The Balaban J connectivity index is 2.38. The molecule has 0 aliphatic rings. The summed E-state index contributed by atoms with van der Waals surface area (Å²) in [5.41, 5.74) is 0.413. The first-order valence-electron chi connectivity index (χ1n) is 4.43. The zero-order valence-corrected chi connectivity index (χ0v) is 8.02. The van der Waals surface area contributed by atoms with Crippen molar-refractivity contribution in [3.05, 3.63) is 47.7 Å². The minimum Gasteiger partial charge on any atom is -0.455 e. The van der Waals surface area contributed by atoms with Gasteiger partial charge in [0.05, 0.1) is 0 Å². The standard InChI is InChI=1S/C11H7F2NO2/c12-9-3-1-7(5-10(9)13)11-4-2-8(16-11)6-14-15/h1-6,15H/b14-6+. The monoisotopic (exact) mass is 223 g/mol. The third-order valence-corrected chi connectivity index (χ3v) is 2.02. The van der Waals surface area contributed by atoms with Gasteiger partial charge in [0.1, 0.15) is 17.7 Å². The molecule has 0 unspecified atom stereocenters. The maximum Gasteiger partial charge on any atom is 0.159 e. The Kier molecular flexibility index (Phi) is 2.68. The van der Waals surface area contributed by atoms with Crippen LogP contribution in [0.2, 0.25) is 0 Å². The maximum atomic E-state index is 12.9. The molecular formula is C11H7F2NO2. The fourth-order valence-corrected chi connectivity index (χ4v) is 1.28. The smallest absolute Gasteiger partial charge is 0.159 e. The van der Waals surface area contributed by atoms with Crippen LogP contribution in [0.25, 0.3) is 11.3 Å². The first-order chi connectivity index (χ1) is 7.70. The van der Waals surface area contributed by atoms with Gasteiger partial charge < -0.3 is 9.62 Å². The van der Waals surface area contributed by atoms with Crippen molar-refractivity contribution < 1.29 is 18.4 Å². The van der Waals surface area contributed by atoms with E-state index in [0.717, 1.165) is 18.3 Å². The molecule has 1 heterocycles. The predicted octanol–water partition coefficient (Wildman–Crippen LogP) is 3.03. The van der Waals surface area contributed by atoms with Gasteiger partial charge in [-0.05, 0) is 30.3 Å². The summed E-state index contributed by atoms with van der Waals surface area (Å²) in [6.07, 6.45) is 1.10. The van der Waals surface area contributed by atoms with Crippen LogP contribution >= 0.6 is 0 Å². The van der Waals surface area contributed by atoms with Gasteiger partial charge in [0.2, 0.25) is 0 Å². The number of oxime groups is 1. The van der Waals surface area contributed by atoms with E-state index in [1.807, 2.05) is 0 Å². The molecule has 16 heavy (non-hydrogen) atoms. The van der Waals surface area contributed by atoms with Crippen molar-refractivity contribution in [2.75, 3.05) is 0 Å². The Bertz CT molecular complexity index is 535. The third kappa shape index (κ3) is 1.93. The van der Waals surface area contributed by atoms with E-state index in [9.17, 15) is 8.78 Å². The summed E-state index contributed by atoms with van der Waals surface area (Å²) in [6, 6.07) is 6.58. The Labute approximate surface area is 89.6 Å². The SMILES string of the molecule is O/N=C/c1ccc(-c2ccc(F)c(F)c2)o1. The molecule has 1 aromatic carbocycles. The van der Waals surface area contributed by atoms with Crippen LogP contribution in [0, 0.1) is 11.6 Å². The Morgan fingerprint density at radius 3 is 2.62 bits per heavy atom. The third-order valence-electron chi connectivity index (χ3n) is 2.02. The highest BCUT2D eigenvalue weighted by Gasteiger charge is 2.07. The van der Waals surface area contributed by atoms with Crippen molar-refractivity contribution >= 4 is 6.21 Å². The second-order valence-corrected chi connectivity index (χ2v) is 3.08. The molecule has 2 aromatic rings. The molecule has 0 spiro atoms. The number of hydrogen-bond acceptors (Lipinski definition) is 3. The van der Waals surface area contributed by atoms with Gasteiger partial charge >= 0.3 is 0 Å². The molecule has 3 nitrogen and oxygen atoms in total. The van der Waals surface area contributed by atoms with Gasteiger partial charge in [-0.25, -0.2) is 8.78 Å². The van der Waals surface area contributed by atoms with Gasteiger partial charge in [0.15, 0.2) is 11.6 Å². The van der Waals surface area contributed by atoms with E-state index in [-0.39, 0.29) is 0 Å². The van der Waals surface area contributed by atoms with Crippen LogP contribution in [-0.2, 0) is 0 Å². The van der Waals surface area contributed by atoms with Crippen molar-refractivity contribution in [3.8, 4) is 11.3 Å². The van der Waals surface area contributed by atoms with Gasteiger partial charge in [0, 0.05) is 5.56 Å². The Morgan fingerprint density at radius 1 is 1.12 bits per heavy atom. The van der Waals surface area contributed by atoms with Gasteiger partial charge in [-0.1, -0.05) is 5.16 Å². The van der Waals surface area contributed by atoms with Crippen LogP contribution < -0.4 is 0 Å². The molecule has 0 aliphatic heterocycles. The normalized spacial score (nSPS) is 11.1. The number of hydrogen-bond donors (Lipinski definition) is 1. The average molecular weight is 223 g/mol. The molecule has 0 saturated carbocycles. The molecule has 1 N–H and O–H groups in total. The highest BCUT2D eigenvalue weighted by atomic mass is 19.2. The average Bonchev–Trinajstić information content (AvgIpc) is 2.71. The van der Waals surface area contributed by atoms with E-state index in [1.54, 1.807) is 12.1 Å². The lowest BCUT2D eigenvalue weighted by molar-refractivity contribution is 0.321. The largest absolute Gasteiger partial charge is 0.455 e. The van der Waals surface area contributed by atoms with Crippen molar-refractivity contribution in [3.63, 3.8) is 0 Å². The van der Waals surface area contributed by atoms with E-state index in [2.05, 4.69) is 5.16 Å². The summed E-state index contributed by atoms with van der Waals surface area (Å²) in [6.45, 7) is 0. The second-order valence-electron chi connectivity index (χ2n) is 3.08. The number of benzene rings is 1. The molecular weight excluding hydrogens is 216 g/mol. The second kappa shape index (κ2) is 4.14. The predicted molar refractivity (Wildman–Crippen MR) is 53.4 cm³/mol. The van der Waals surface area contributed by atoms with Gasteiger partial charge in [-0.15, -0.1) is 0 Å². The molecule has 0 bridgehead atoms. The molecule has 0 radical (unpaired) electrons. The fourth-order valence-electron chi connectivity index (χ4n) is 1.28. The quantitative estimate of drug-likeness (QED) is 0.483. The molecule has 0 amide bonds. The summed E-state index contributed by atoms with van der Waals surface area (Å²) < 4.78 is 30.8. The fraction of sp³-hybridized carbons (Fsp3) is 0. The molecule has 0 atom stereocenters. The minimum absolute atomic E-state index is 0.322. The molecule has 1 aromatic heterocycles. The van der Waals surface area contributed by atoms with Crippen molar-refractivity contribution in [2.45, 2.75) is 0 Å². The van der Waals surface area contributed by atoms with Crippen molar-refractivity contribution in [2.24, 2.45) is 5.16 Å². The van der Waals surface area contributed by atoms with Crippen molar-refractivity contribution in [1.29, 1.82) is 0 Å². The number of halogens is 2. The van der Waals surface area contributed by atoms with E-state index >= 15 is 0 Å². The first-order valence-corrected chi connectivity index (χ1v) is 4.43. The van der Waals surface area contributed by atoms with Gasteiger partial charge in [0.25, 0.3) is 0 Å². The number of furan rings is 1. The minimum atomic E-state index is -0.939. The van der Waals surface area contributed by atoms with Crippen LogP contribution in [0.1, 0.15) is 5.76 Å². The molecule has 5 heteroatoms. The van der Waals surface area contributed by atoms with Crippen LogP contribution in [0.4, 0.5) is 8.78 Å². The summed E-state index contributed by atoms with van der Waals surface area (Å²) in [7, 11) is 0. The lowest BCUT2D eigenvalue weighted by Gasteiger charge is -1.97. The lowest BCUT2D eigenvalue weighted by atomic mass is 10.1. The maximum absolute atomic E-state index is 12.9. The van der Waals surface area contributed by atoms with E-state index in [0.29, 0.717) is 17.1 Å². The first kappa shape index (κ1) is 10.4. The van der Waals surface area contributed by atoms with Gasteiger partial charge in [-0.2, -0.15) is 0 Å². The number of rotatable bonds is 2. The Hall–Kier alpha value is -2.17. The number of nitrogens with zero attached hydrogens (tertiary/aromatic N) is 1. The van der Waals surface area contributed by atoms with Crippen molar-refractivity contribution in [1.82, 2.24) is 0 Å². The highest BCUT2D eigenvalue weighted by molar-refractivity contribution is 5.76. The van der Waals surface area contributed by atoms with E-state index in [4.69, 9.17) is 9.62 Å². The van der Waals surface area contributed by atoms with Gasteiger partial charge in [-0.3, -0.25) is 0 Å². The molecule has 0 saturated heterocycles. The summed E-state index contributed by atoms with van der Waals surface area (Å²) in [4.78, 5) is 0. The zero-order valence-electron chi connectivity index (χ0n) is 8.02. The summed E-state index contributed by atoms with van der Waals surface area (Å²) in [5.74, 6) is -1.16. The topological polar surface area (TPSA) is 45.7 Å². The summed E-state index contributed by atoms with van der Waals surface area (Å²) in [5, 5.41) is 11.1. The highest BCUT2D eigenvalue weighted by Crippen LogP contribution is 2.23. The molecule has 0 fully saturated rings. The molecule has 0 aliphatic carbocycles. The van der Waals surface area contributed by atoms with Crippen LogP contribution in [0.5, 0.6) is 0 Å². The van der Waals surface area contributed by atoms with E-state index < -0.39 is 11.6 Å². The Morgan fingerprint density at radius 2 is 1.94 bits per heavy atom. The summed E-state index contributed by atoms with van der Waals surface area (Å²) >= 11 is 0. The van der Waals surface area contributed by atoms with Crippen LogP contribution in [0.15, 0.2) is 39.9 Å². The van der Waals surface area contributed by atoms with Crippen LogP contribution in [-0.4, -0.2) is 11.4 Å². The van der Waals surface area contributed by atoms with Crippen LogP contribution in [0.3, 0.4) is 0 Å². The molecule has 2 rings (SSSR count). The zero-order chi connectivity index (χ0) is 11.5. The van der Waals surface area contributed by atoms with E-state index in [1.165, 1.54) is 6.07 Å². The lowest BCUT2D eigenvalue weighted by Crippen LogP contribution is -1.83. The molecule has 82 valence electrons.